The monoisotopic (exact) mass is 234 g/mol. The summed E-state index contributed by atoms with van der Waals surface area (Å²) in [6.07, 6.45) is 6.15. The van der Waals surface area contributed by atoms with Crippen LogP contribution < -0.4 is 4.74 Å². The van der Waals surface area contributed by atoms with E-state index in [4.69, 9.17) is 9.47 Å². The van der Waals surface area contributed by atoms with Crippen molar-refractivity contribution in [1.29, 1.82) is 0 Å². The lowest BCUT2D eigenvalue weighted by molar-refractivity contribution is 0.181. The van der Waals surface area contributed by atoms with Gasteiger partial charge in [-0.05, 0) is 31.1 Å². The van der Waals surface area contributed by atoms with Gasteiger partial charge in [-0.25, -0.2) is 0 Å². The number of rotatable bonds is 4. The number of ether oxygens (including phenoxy) is 2. The Hall–Kier alpha value is -1.55. The first kappa shape index (κ1) is 11.9. The molecule has 1 aromatic rings. The van der Waals surface area contributed by atoms with Gasteiger partial charge in [-0.15, -0.1) is 5.10 Å². The molecule has 1 aliphatic rings. The number of nitrogens with one attached hydrogen (secondary N) is 1. The van der Waals surface area contributed by atoms with Crippen LogP contribution in [0.15, 0.2) is 17.9 Å². The minimum atomic E-state index is 0.526. The van der Waals surface area contributed by atoms with Crippen molar-refractivity contribution in [2.24, 2.45) is 0 Å². The number of nitrogens with zero attached hydrogens (tertiary/aromatic N) is 1. The Morgan fingerprint density at radius 2 is 2.35 bits per heavy atom. The number of H-pyrrole nitrogens is 1. The second-order valence-electron chi connectivity index (χ2n) is 4.03. The summed E-state index contributed by atoms with van der Waals surface area (Å²) in [5.74, 6) is 1.52. The molecule has 1 aliphatic heterocycles. The van der Waals surface area contributed by atoms with Crippen LogP contribution in [0.2, 0.25) is 0 Å². The van der Waals surface area contributed by atoms with Crippen molar-refractivity contribution in [2.45, 2.75) is 33.3 Å². The van der Waals surface area contributed by atoms with E-state index >= 15 is 0 Å². The predicted octanol–water partition coefficient (Wildman–Crippen LogP) is 3.04. The zero-order chi connectivity index (χ0) is 12.3. The highest BCUT2D eigenvalue weighted by Crippen LogP contribution is 2.36. The van der Waals surface area contributed by atoms with Crippen LogP contribution >= 0.6 is 0 Å². The fourth-order valence-corrected chi connectivity index (χ4v) is 2.01. The van der Waals surface area contributed by atoms with E-state index in [9.17, 15) is 0 Å². The van der Waals surface area contributed by atoms with E-state index < -0.39 is 0 Å². The molecule has 0 aromatic carbocycles. The Balaban J connectivity index is 2.42. The molecule has 17 heavy (non-hydrogen) atoms. The Kier molecular flexibility index (Phi) is 3.64. The molecule has 0 amide bonds. The highest BCUT2D eigenvalue weighted by Gasteiger charge is 2.22. The third-order valence-electron chi connectivity index (χ3n) is 2.75. The molecule has 0 radical (unpaired) electrons. The van der Waals surface area contributed by atoms with Crippen molar-refractivity contribution >= 4 is 5.57 Å². The van der Waals surface area contributed by atoms with Crippen LogP contribution in [0.3, 0.4) is 0 Å². The number of aromatic amines is 1. The van der Waals surface area contributed by atoms with Gasteiger partial charge < -0.3 is 9.47 Å². The van der Waals surface area contributed by atoms with Gasteiger partial charge in [0.15, 0.2) is 0 Å². The average molecular weight is 234 g/mol. The summed E-state index contributed by atoms with van der Waals surface area (Å²) in [4.78, 5) is 0. The molecule has 0 atom stereocenters. The fourth-order valence-electron chi connectivity index (χ4n) is 2.01. The molecule has 1 aromatic heterocycles. The van der Waals surface area contributed by atoms with Crippen LogP contribution in [0, 0.1) is 0 Å². The Labute approximate surface area is 101 Å². The van der Waals surface area contributed by atoms with Gasteiger partial charge in [-0.1, -0.05) is 13.3 Å². The maximum atomic E-state index is 5.67. The van der Waals surface area contributed by atoms with E-state index in [2.05, 4.69) is 23.2 Å². The van der Waals surface area contributed by atoms with E-state index in [1.165, 1.54) is 5.57 Å². The summed E-state index contributed by atoms with van der Waals surface area (Å²) in [6, 6.07) is 0. The molecule has 1 N–H and O–H groups in total. The lowest BCUT2D eigenvalue weighted by Gasteiger charge is -2.16. The molecule has 2 rings (SSSR count). The third-order valence-corrected chi connectivity index (χ3v) is 2.75. The molecule has 4 nitrogen and oxygen atoms in total. The number of allylic oxidation sites excluding steroid dienone is 3. The Morgan fingerprint density at radius 3 is 3.00 bits per heavy atom. The van der Waals surface area contributed by atoms with Gasteiger partial charge in [0, 0.05) is 7.11 Å². The topological polar surface area (TPSA) is 47.1 Å². The first-order valence-corrected chi connectivity index (χ1v) is 5.91. The SMILES string of the molecule is CC=C1C=C(CCC)c2c(n[nH]c2COC)O1. The zero-order valence-electron chi connectivity index (χ0n) is 10.5. The van der Waals surface area contributed by atoms with Crippen LogP contribution in [0.4, 0.5) is 0 Å². The van der Waals surface area contributed by atoms with Gasteiger partial charge in [0.05, 0.1) is 17.9 Å². The molecule has 2 heterocycles. The zero-order valence-corrected chi connectivity index (χ0v) is 10.5. The Bertz CT molecular complexity index is 458. The van der Waals surface area contributed by atoms with Gasteiger partial charge in [0.2, 0.25) is 5.88 Å². The maximum Gasteiger partial charge on any atom is 0.245 e. The third kappa shape index (κ3) is 2.26. The molecule has 0 aliphatic carbocycles. The van der Waals surface area contributed by atoms with Crippen LogP contribution in [-0.2, 0) is 11.3 Å². The van der Waals surface area contributed by atoms with Crippen LogP contribution in [-0.4, -0.2) is 17.3 Å². The van der Waals surface area contributed by atoms with Gasteiger partial charge in [-0.3, -0.25) is 5.10 Å². The first-order valence-electron chi connectivity index (χ1n) is 5.91. The lowest BCUT2D eigenvalue weighted by atomic mass is 9.99. The first-order chi connectivity index (χ1) is 8.30. The second-order valence-corrected chi connectivity index (χ2v) is 4.03. The minimum Gasteiger partial charge on any atom is -0.437 e. The van der Waals surface area contributed by atoms with Gasteiger partial charge >= 0.3 is 0 Å². The van der Waals surface area contributed by atoms with Crippen molar-refractivity contribution in [3.05, 3.63) is 29.2 Å². The molecule has 0 spiro atoms. The van der Waals surface area contributed by atoms with Crippen LogP contribution in [0.1, 0.15) is 37.9 Å². The molecule has 0 bridgehead atoms. The molecule has 0 fully saturated rings. The van der Waals surface area contributed by atoms with Gasteiger partial charge in [-0.2, -0.15) is 0 Å². The highest BCUT2D eigenvalue weighted by atomic mass is 16.5. The molecule has 92 valence electrons. The van der Waals surface area contributed by atoms with E-state index in [0.717, 1.165) is 29.9 Å². The largest absolute Gasteiger partial charge is 0.437 e. The van der Waals surface area contributed by atoms with Gasteiger partial charge in [0.25, 0.3) is 0 Å². The number of fused-ring (bicyclic) bond motifs is 1. The highest BCUT2D eigenvalue weighted by molar-refractivity contribution is 5.75. The molecule has 0 saturated heterocycles. The summed E-state index contributed by atoms with van der Waals surface area (Å²) >= 11 is 0. The Morgan fingerprint density at radius 1 is 1.53 bits per heavy atom. The van der Waals surface area contributed by atoms with Crippen molar-refractivity contribution in [1.82, 2.24) is 10.2 Å². The summed E-state index contributed by atoms with van der Waals surface area (Å²) in [5.41, 5.74) is 3.32. The predicted molar refractivity (Wildman–Crippen MR) is 66.6 cm³/mol. The van der Waals surface area contributed by atoms with Crippen LogP contribution in [0.5, 0.6) is 5.88 Å². The quantitative estimate of drug-likeness (QED) is 0.871. The number of aromatic nitrogens is 2. The normalized spacial score (nSPS) is 16.6. The average Bonchev–Trinajstić information content (AvgIpc) is 2.73. The number of hydrogen-bond acceptors (Lipinski definition) is 3. The van der Waals surface area contributed by atoms with E-state index in [1.54, 1.807) is 7.11 Å². The van der Waals surface area contributed by atoms with E-state index in [1.807, 2.05) is 13.0 Å². The summed E-state index contributed by atoms with van der Waals surface area (Å²) in [7, 11) is 1.68. The second kappa shape index (κ2) is 5.19. The summed E-state index contributed by atoms with van der Waals surface area (Å²) < 4.78 is 10.8. The maximum absolute atomic E-state index is 5.67. The summed E-state index contributed by atoms with van der Waals surface area (Å²) in [5, 5.41) is 7.18. The molecule has 4 heteroatoms. The molecule has 0 unspecified atom stereocenters. The van der Waals surface area contributed by atoms with Crippen molar-refractivity contribution in [3.63, 3.8) is 0 Å². The molecular weight excluding hydrogens is 216 g/mol. The molecule has 0 saturated carbocycles. The standard InChI is InChI=1S/C13H18N2O2/c1-4-6-9-7-10(5-2)17-13-12(9)11(8-16-3)14-15-13/h5,7H,4,6,8H2,1-3H3,(H,14,15). The minimum absolute atomic E-state index is 0.526. The van der Waals surface area contributed by atoms with E-state index in [-0.39, 0.29) is 0 Å². The lowest BCUT2D eigenvalue weighted by Crippen LogP contribution is -2.04. The molecular formula is C13H18N2O2. The number of hydrogen-bond donors (Lipinski definition) is 1. The smallest absolute Gasteiger partial charge is 0.245 e. The number of methoxy groups -OCH3 is 1. The summed E-state index contributed by atoms with van der Waals surface area (Å²) in [6.45, 7) is 4.66. The van der Waals surface area contributed by atoms with Crippen LogP contribution in [0.25, 0.3) is 5.57 Å². The van der Waals surface area contributed by atoms with Crippen molar-refractivity contribution < 1.29 is 9.47 Å². The van der Waals surface area contributed by atoms with E-state index in [0.29, 0.717) is 12.5 Å². The van der Waals surface area contributed by atoms with Gasteiger partial charge in [0.1, 0.15) is 5.76 Å². The van der Waals surface area contributed by atoms with Crippen molar-refractivity contribution in [2.75, 3.05) is 7.11 Å². The fraction of sp³-hybridized carbons (Fsp3) is 0.462. The van der Waals surface area contributed by atoms with Crippen molar-refractivity contribution in [3.8, 4) is 5.88 Å².